The summed E-state index contributed by atoms with van der Waals surface area (Å²) in [7, 11) is 0. The second-order valence-corrected chi connectivity index (χ2v) is 4.41. The van der Waals surface area contributed by atoms with E-state index >= 15 is 0 Å². The molecule has 2 heteroatoms. The van der Waals surface area contributed by atoms with Gasteiger partial charge < -0.3 is 11.1 Å². The molecule has 0 atom stereocenters. The van der Waals surface area contributed by atoms with E-state index in [1.807, 2.05) is 24.3 Å². The van der Waals surface area contributed by atoms with E-state index in [9.17, 15) is 0 Å². The first-order valence-corrected chi connectivity index (χ1v) is 5.81. The molecule has 17 heavy (non-hydrogen) atoms. The Bertz CT molecular complexity index is 501. The monoisotopic (exact) mass is 226 g/mol. The van der Waals surface area contributed by atoms with E-state index in [-0.39, 0.29) is 0 Å². The summed E-state index contributed by atoms with van der Waals surface area (Å²) in [5, 5.41) is 3.45. The van der Waals surface area contributed by atoms with Crippen molar-refractivity contribution in [3.8, 4) is 0 Å². The van der Waals surface area contributed by atoms with Gasteiger partial charge in [0, 0.05) is 17.9 Å². The molecule has 2 rings (SSSR count). The Kier molecular flexibility index (Phi) is 3.33. The quantitative estimate of drug-likeness (QED) is 0.786. The lowest BCUT2D eigenvalue weighted by molar-refractivity contribution is 1.14. The molecule has 0 aliphatic carbocycles. The number of rotatable bonds is 3. The van der Waals surface area contributed by atoms with Crippen LogP contribution >= 0.6 is 0 Å². The van der Waals surface area contributed by atoms with Crippen LogP contribution in [0.2, 0.25) is 0 Å². The summed E-state index contributed by atoms with van der Waals surface area (Å²) in [5.41, 5.74) is 11.4. The summed E-state index contributed by atoms with van der Waals surface area (Å²) in [6.45, 7) is 5.04. The minimum Gasteiger partial charge on any atom is -0.399 e. The minimum absolute atomic E-state index is 0.806. The van der Waals surface area contributed by atoms with Gasteiger partial charge in [0.2, 0.25) is 0 Å². The molecule has 0 saturated heterocycles. The molecule has 0 bridgehead atoms. The van der Waals surface area contributed by atoms with Gasteiger partial charge in [0.05, 0.1) is 0 Å². The van der Waals surface area contributed by atoms with E-state index in [2.05, 4.69) is 37.4 Å². The Morgan fingerprint density at radius 1 is 1.00 bits per heavy atom. The molecule has 2 aromatic carbocycles. The Morgan fingerprint density at radius 2 is 1.71 bits per heavy atom. The van der Waals surface area contributed by atoms with E-state index in [0.717, 1.165) is 12.2 Å². The van der Waals surface area contributed by atoms with Gasteiger partial charge in [0.25, 0.3) is 0 Å². The van der Waals surface area contributed by atoms with Crippen LogP contribution in [-0.2, 0) is 6.54 Å². The summed E-state index contributed by atoms with van der Waals surface area (Å²) in [4.78, 5) is 0. The van der Waals surface area contributed by atoms with E-state index < -0.39 is 0 Å². The highest BCUT2D eigenvalue weighted by atomic mass is 14.9. The number of nitrogens with two attached hydrogens (primary N) is 1. The summed E-state index contributed by atoms with van der Waals surface area (Å²) in [6.07, 6.45) is 0. The molecule has 3 N–H and O–H groups in total. The summed E-state index contributed by atoms with van der Waals surface area (Å²) in [6, 6.07) is 14.4. The summed E-state index contributed by atoms with van der Waals surface area (Å²) in [5.74, 6) is 0. The fraction of sp³-hybridized carbons (Fsp3) is 0.200. The van der Waals surface area contributed by atoms with Gasteiger partial charge in [-0.05, 0) is 48.7 Å². The third kappa shape index (κ3) is 3.00. The van der Waals surface area contributed by atoms with Crippen LogP contribution in [-0.4, -0.2) is 0 Å². The maximum atomic E-state index is 5.66. The smallest absolute Gasteiger partial charge is 0.0400 e. The van der Waals surface area contributed by atoms with E-state index in [4.69, 9.17) is 5.73 Å². The molecule has 2 aromatic rings. The van der Waals surface area contributed by atoms with Crippen LogP contribution in [0.15, 0.2) is 42.5 Å². The third-order valence-electron chi connectivity index (χ3n) is 2.86. The molecule has 0 spiro atoms. The Labute approximate surface area is 102 Å². The van der Waals surface area contributed by atoms with Crippen LogP contribution in [0, 0.1) is 13.8 Å². The van der Waals surface area contributed by atoms with Crippen molar-refractivity contribution >= 4 is 11.4 Å². The van der Waals surface area contributed by atoms with Crippen molar-refractivity contribution in [3.05, 3.63) is 59.2 Å². The van der Waals surface area contributed by atoms with Gasteiger partial charge in [-0.3, -0.25) is 0 Å². The zero-order valence-electron chi connectivity index (χ0n) is 10.3. The minimum atomic E-state index is 0.806. The van der Waals surface area contributed by atoms with Crippen LogP contribution in [0.25, 0.3) is 0 Å². The average molecular weight is 226 g/mol. The molecule has 0 aliphatic heterocycles. The van der Waals surface area contributed by atoms with Crippen LogP contribution in [0.4, 0.5) is 11.4 Å². The largest absolute Gasteiger partial charge is 0.399 e. The number of nitrogens with one attached hydrogen (secondary N) is 1. The maximum Gasteiger partial charge on any atom is 0.0400 e. The van der Waals surface area contributed by atoms with Crippen molar-refractivity contribution < 1.29 is 0 Å². The molecular formula is C15H18N2. The molecule has 0 fully saturated rings. The van der Waals surface area contributed by atoms with Crippen molar-refractivity contribution in [3.63, 3.8) is 0 Å². The Morgan fingerprint density at radius 3 is 2.41 bits per heavy atom. The zero-order valence-corrected chi connectivity index (χ0v) is 10.3. The summed E-state index contributed by atoms with van der Waals surface area (Å²) >= 11 is 0. The number of hydrogen-bond donors (Lipinski definition) is 2. The van der Waals surface area contributed by atoms with Gasteiger partial charge >= 0.3 is 0 Å². The van der Waals surface area contributed by atoms with Crippen LogP contribution < -0.4 is 11.1 Å². The second-order valence-electron chi connectivity index (χ2n) is 4.41. The number of aryl methyl sites for hydroxylation is 2. The van der Waals surface area contributed by atoms with Crippen LogP contribution in [0.3, 0.4) is 0 Å². The molecule has 0 amide bonds. The SMILES string of the molecule is Cc1ccc(C)c(NCc2ccc(N)cc2)c1. The van der Waals surface area contributed by atoms with Gasteiger partial charge in [-0.1, -0.05) is 24.3 Å². The molecule has 2 nitrogen and oxygen atoms in total. The molecule has 0 radical (unpaired) electrons. The molecular weight excluding hydrogens is 208 g/mol. The standard InChI is InChI=1S/C15H18N2/c1-11-3-4-12(2)15(9-11)17-10-13-5-7-14(16)8-6-13/h3-9,17H,10,16H2,1-2H3. The molecule has 0 heterocycles. The third-order valence-corrected chi connectivity index (χ3v) is 2.86. The first-order valence-electron chi connectivity index (χ1n) is 5.81. The Hall–Kier alpha value is -1.96. The highest BCUT2D eigenvalue weighted by Gasteiger charge is 1.98. The van der Waals surface area contributed by atoms with Gasteiger partial charge in [-0.2, -0.15) is 0 Å². The topological polar surface area (TPSA) is 38.0 Å². The Balaban J connectivity index is 2.07. The number of hydrogen-bond acceptors (Lipinski definition) is 2. The zero-order chi connectivity index (χ0) is 12.3. The highest BCUT2D eigenvalue weighted by Crippen LogP contribution is 2.17. The molecule has 0 saturated carbocycles. The van der Waals surface area contributed by atoms with Crippen molar-refractivity contribution in [1.82, 2.24) is 0 Å². The van der Waals surface area contributed by atoms with Crippen molar-refractivity contribution in [2.24, 2.45) is 0 Å². The lowest BCUT2D eigenvalue weighted by Crippen LogP contribution is -2.01. The normalized spacial score (nSPS) is 10.2. The second kappa shape index (κ2) is 4.91. The highest BCUT2D eigenvalue weighted by molar-refractivity contribution is 5.53. The van der Waals surface area contributed by atoms with E-state index in [1.54, 1.807) is 0 Å². The predicted molar refractivity (Wildman–Crippen MR) is 74.1 cm³/mol. The number of benzene rings is 2. The molecule has 0 unspecified atom stereocenters. The first kappa shape index (κ1) is 11.5. The lowest BCUT2D eigenvalue weighted by atomic mass is 10.1. The van der Waals surface area contributed by atoms with Gasteiger partial charge in [-0.15, -0.1) is 0 Å². The maximum absolute atomic E-state index is 5.66. The van der Waals surface area contributed by atoms with Crippen molar-refractivity contribution in [2.45, 2.75) is 20.4 Å². The predicted octanol–water partition coefficient (Wildman–Crippen LogP) is 3.50. The van der Waals surface area contributed by atoms with Crippen molar-refractivity contribution in [2.75, 3.05) is 11.1 Å². The van der Waals surface area contributed by atoms with Crippen LogP contribution in [0.5, 0.6) is 0 Å². The van der Waals surface area contributed by atoms with E-state index in [0.29, 0.717) is 0 Å². The van der Waals surface area contributed by atoms with Crippen LogP contribution in [0.1, 0.15) is 16.7 Å². The fourth-order valence-electron chi connectivity index (χ4n) is 1.76. The van der Waals surface area contributed by atoms with Crippen molar-refractivity contribution in [1.29, 1.82) is 0 Å². The van der Waals surface area contributed by atoms with E-state index in [1.165, 1.54) is 22.4 Å². The molecule has 0 aromatic heterocycles. The van der Waals surface area contributed by atoms with Gasteiger partial charge in [0.15, 0.2) is 0 Å². The van der Waals surface area contributed by atoms with Gasteiger partial charge in [0.1, 0.15) is 0 Å². The first-order chi connectivity index (χ1) is 8.15. The molecule has 0 aliphatic rings. The fourth-order valence-corrected chi connectivity index (χ4v) is 1.76. The average Bonchev–Trinajstić information content (AvgIpc) is 2.32. The lowest BCUT2D eigenvalue weighted by Gasteiger charge is -2.10. The van der Waals surface area contributed by atoms with Gasteiger partial charge in [-0.25, -0.2) is 0 Å². The summed E-state index contributed by atoms with van der Waals surface area (Å²) < 4.78 is 0. The number of anilines is 2. The number of nitrogen functional groups attached to an aromatic ring is 1. The molecule has 88 valence electrons.